The summed E-state index contributed by atoms with van der Waals surface area (Å²) in [5.41, 5.74) is -0.932. The quantitative estimate of drug-likeness (QED) is 0.601. The minimum absolute atomic E-state index is 0.466. The molecule has 0 unspecified atom stereocenters. The van der Waals surface area contributed by atoms with Crippen molar-refractivity contribution in [1.82, 2.24) is 0 Å². The zero-order chi connectivity index (χ0) is 19.2. The molecule has 1 fully saturated rings. The van der Waals surface area contributed by atoms with E-state index in [1.807, 2.05) is 18.2 Å². The van der Waals surface area contributed by atoms with Gasteiger partial charge in [0.2, 0.25) is 0 Å². The fourth-order valence-corrected chi connectivity index (χ4v) is 9.86. The molecule has 0 spiro atoms. The summed E-state index contributed by atoms with van der Waals surface area (Å²) in [5, 5.41) is 3.29. The Balaban J connectivity index is 2.19. The van der Waals surface area contributed by atoms with Gasteiger partial charge in [-0.2, -0.15) is 0 Å². The molecular weight excluding hydrogens is 351 g/mol. The fraction of sp³-hybridized carbons (Fsp3) is 0.250. The molecule has 0 amide bonds. The summed E-state index contributed by atoms with van der Waals surface area (Å²) < 4.78 is 14.4. The van der Waals surface area contributed by atoms with E-state index in [9.17, 15) is 0 Å². The van der Waals surface area contributed by atoms with E-state index in [0.29, 0.717) is 0 Å². The summed E-state index contributed by atoms with van der Waals surface area (Å²) >= 11 is 0. The van der Waals surface area contributed by atoms with Gasteiger partial charge in [0.1, 0.15) is 0 Å². The van der Waals surface area contributed by atoms with Gasteiger partial charge in [-0.1, -0.05) is 0 Å². The van der Waals surface area contributed by atoms with Gasteiger partial charge in [0, 0.05) is 0 Å². The monoisotopic (exact) mass is 378 g/mol. The summed E-state index contributed by atoms with van der Waals surface area (Å²) in [6, 6.07) is 31.4. The van der Waals surface area contributed by atoms with Gasteiger partial charge in [-0.15, -0.1) is 0 Å². The summed E-state index contributed by atoms with van der Waals surface area (Å²) in [7, 11) is -3.60. The average Bonchev–Trinajstić information content (AvgIpc) is 2.88. The molecule has 0 aliphatic carbocycles. The van der Waals surface area contributed by atoms with Crippen LogP contribution in [-0.2, 0) is 9.05 Å². The fourth-order valence-electron chi connectivity index (χ4n) is 3.97. The second-order valence-corrected chi connectivity index (χ2v) is 12.0. The summed E-state index contributed by atoms with van der Waals surface area (Å²) in [6.07, 6.45) is 0. The predicted molar refractivity (Wildman–Crippen MR) is 115 cm³/mol. The van der Waals surface area contributed by atoms with Gasteiger partial charge >= 0.3 is 162 Å². The van der Waals surface area contributed by atoms with E-state index in [1.165, 1.54) is 0 Å². The molecule has 0 N–H and O–H groups in total. The van der Waals surface area contributed by atoms with Crippen molar-refractivity contribution < 1.29 is 9.05 Å². The number of hydrogen-bond acceptors (Lipinski definition) is 2. The topological polar surface area (TPSA) is 18.5 Å². The van der Waals surface area contributed by atoms with Gasteiger partial charge in [0.15, 0.2) is 0 Å². The van der Waals surface area contributed by atoms with Crippen LogP contribution in [0.2, 0.25) is 0 Å². The van der Waals surface area contributed by atoms with Crippen LogP contribution in [0.1, 0.15) is 27.7 Å². The molecule has 3 heteroatoms. The third-order valence-electron chi connectivity index (χ3n) is 5.93. The summed E-state index contributed by atoms with van der Waals surface area (Å²) in [4.78, 5) is 0. The zero-order valence-corrected chi connectivity index (χ0v) is 17.3. The molecular formula is C24H27O2P. The molecule has 4 rings (SSSR count). The van der Waals surface area contributed by atoms with Gasteiger partial charge in [-0.3, -0.25) is 0 Å². The Hall–Kier alpha value is -1.99. The Morgan fingerprint density at radius 1 is 0.481 bits per heavy atom. The Morgan fingerprint density at radius 2 is 0.741 bits per heavy atom. The van der Waals surface area contributed by atoms with Crippen LogP contribution in [0.15, 0.2) is 91.0 Å². The normalized spacial score (nSPS) is 23.2. The molecule has 3 aromatic rings. The van der Waals surface area contributed by atoms with Gasteiger partial charge in [-0.05, 0) is 0 Å². The van der Waals surface area contributed by atoms with E-state index < -0.39 is 18.3 Å². The van der Waals surface area contributed by atoms with Gasteiger partial charge in [0.25, 0.3) is 0 Å². The van der Waals surface area contributed by atoms with Crippen LogP contribution in [0.25, 0.3) is 0 Å². The van der Waals surface area contributed by atoms with Crippen molar-refractivity contribution in [2.24, 2.45) is 0 Å². The molecule has 0 aromatic heterocycles. The van der Waals surface area contributed by atoms with Crippen LogP contribution in [-0.4, -0.2) is 11.2 Å². The second-order valence-electron chi connectivity index (χ2n) is 8.17. The standard InChI is InChI=1S/C24H27O2P/c1-23(2)24(3,4)26-27(25-23,20-14-8-5-9-15-20,21-16-10-6-11-17-21)22-18-12-7-13-19-22/h5-19H,1-4H3. The summed E-state index contributed by atoms with van der Waals surface area (Å²) in [5.74, 6) is 0. The van der Waals surface area contributed by atoms with Crippen molar-refractivity contribution in [2.45, 2.75) is 38.9 Å². The van der Waals surface area contributed by atoms with Crippen LogP contribution in [0.5, 0.6) is 0 Å². The van der Waals surface area contributed by atoms with Crippen molar-refractivity contribution in [2.75, 3.05) is 0 Å². The first-order valence-electron chi connectivity index (χ1n) is 9.43. The van der Waals surface area contributed by atoms with Crippen LogP contribution < -0.4 is 15.9 Å². The molecule has 0 radical (unpaired) electrons. The van der Waals surface area contributed by atoms with Crippen molar-refractivity contribution >= 4 is 23.0 Å². The van der Waals surface area contributed by atoms with Crippen molar-refractivity contribution in [3.05, 3.63) is 91.0 Å². The molecule has 0 saturated carbocycles. The molecule has 2 nitrogen and oxygen atoms in total. The van der Waals surface area contributed by atoms with Gasteiger partial charge in [-0.25, -0.2) is 0 Å². The first kappa shape index (κ1) is 18.4. The van der Waals surface area contributed by atoms with E-state index in [-0.39, 0.29) is 0 Å². The van der Waals surface area contributed by atoms with E-state index >= 15 is 0 Å². The van der Waals surface area contributed by atoms with Gasteiger partial charge < -0.3 is 0 Å². The Kier molecular flexibility index (Phi) is 4.09. The van der Waals surface area contributed by atoms with Crippen molar-refractivity contribution in [3.8, 4) is 0 Å². The summed E-state index contributed by atoms with van der Waals surface area (Å²) in [6.45, 7) is 8.54. The number of rotatable bonds is 3. The van der Waals surface area contributed by atoms with Crippen molar-refractivity contribution in [3.63, 3.8) is 0 Å². The Bertz CT molecular complexity index is 814. The van der Waals surface area contributed by atoms with Crippen molar-refractivity contribution in [1.29, 1.82) is 0 Å². The third-order valence-corrected chi connectivity index (χ3v) is 11.2. The second kappa shape index (κ2) is 6.01. The molecule has 0 atom stereocenters. The van der Waals surface area contributed by atoms with Crippen LogP contribution in [0.3, 0.4) is 0 Å². The molecule has 27 heavy (non-hydrogen) atoms. The molecule has 140 valence electrons. The number of benzene rings is 3. The molecule has 1 heterocycles. The van der Waals surface area contributed by atoms with E-state index in [4.69, 9.17) is 9.05 Å². The van der Waals surface area contributed by atoms with Gasteiger partial charge in [0.05, 0.1) is 0 Å². The Morgan fingerprint density at radius 3 is 1.00 bits per heavy atom. The van der Waals surface area contributed by atoms with Crippen LogP contribution >= 0.6 is 7.06 Å². The molecule has 1 aliphatic heterocycles. The van der Waals surface area contributed by atoms with E-state index in [0.717, 1.165) is 15.9 Å². The molecule has 1 saturated heterocycles. The van der Waals surface area contributed by atoms with Crippen LogP contribution in [0.4, 0.5) is 0 Å². The number of hydrogen-bond donors (Lipinski definition) is 0. The SMILES string of the molecule is CC1(C)OP(c2ccccc2)(c2ccccc2)(c2ccccc2)OC1(C)C. The minimum atomic E-state index is -3.60. The van der Waals surface area contributed by atoms with Crippen LogP contribution in [0, 0.1) is 0 Å². The predicted octanol–water partition coefficient (Wildman–Crippen LogP) is 4.95. The first-order valence-corrected chi connectivity index (χ1v) is 11.5. The van der Waals surface area contributed by atoms with E-state index in [1.54, 1.807) is 0 Å². The zero-order valence-electron chi connectivity index (χ0n) is 16.4. The maximum absolute atomic E-state index is 7.21. The first-order chi connectivity index (χ1) is 12.8. The molecule has 3 aromatic carbocycles. The third kappa shape index (κ3) is 2.44. The van der Waals surface area contributed by atoms with E-state index in [2.05, 4.69) is 100 Å². The Labute approximate surface area is 162 Å². The average molecular weight is 378 g/mol. The maximum atomic E-state index is 7.21. The molecule has 0 bridgehead atoms. The molecule has 1 aliphatic rings.